The van der Waals surface area contributed by atoms with Gasteiger partial charge in [-0.2, -0.15) is 0 Å². The van der Waals surface area contributed by atoms with E-state index in [1.807, 2.05) is 0 Å². The third-order valence-corrected chi connectivity index (χ3v) is 4.24. The van der Waals surface area contributed by atoms with Crippen molar-refractivity contribution in [2.45, 2.75) is 58.7 Å². The Kier molecular flexibility index (Phi) is 4.95. The number of aliphatic hydroxyl groups excluding tert-OH is 1. The Bertz CT molecular complexity index is 473. The maximum atomic E-state index is 9.39. The molecular weight excluding hydrogens is 260 g/mol. The number of aryl methyl sites for hydroxylation is 1. The van der Waals surface area contributed by atoms with E-state index in [9.17, 15) is 5.11 Å². The summed E-state index contributed by atoms with van der Waals surface area (Å²) >= 11 is 0. The van der Waals surface area contributed by atoms with Crippen molar-refractivity contribution in [3.8, 4) is 0 Å². The second-order valence-corrected chi connectivity index (χ2v) is 7.60. The monoisotopic (exact) mass is 290 g/mol. The second kappa shape index (κ2) is 6.37. The minimum Gasteiger partial charge on any atom is -0.393 e. The third-order valence-electron chi connectivity index (χ3n) is 4.24. The van der Waals surface area contributed by atoms with Crippen LogP contribution in [-0.4, -0.2) is 30.3 Å². The van der Waals surface area contributed by atoms with E-state index in [0.717, 1.165) is 25.9 Å². The number of hydrogen-bond donors (Lipinski definition) is 2. The van der Waals surface area contributed by atoms with Crippen molar-refractivity contribution in [2.24, 2.45) is 5.92 Å². The number of nitrogens with one attached hydrogen (secondary N) is 1. The molecule has 1 aliphatic carbocycles. The second-order valence-electron chi connectivity index (χ2n) is 7.60. The molecule has 2 N–H and O–H groups in total. The zero-order valence-electron chi connectivity index (χ0n) is 14.1. The molecule has 0 heterocycles. The molecule has 0 spiro atoms. The van der Waals surface area contributed by atoms with Gasteiger partial charge in [-0.1, -0.05) is 12.1 Å². The van der Waals surface area contributed by atoms with Crippen LogP contribution in [0.3, 0.4) is 0 Å². The van der Waals surface area contributed by atoms with Crippen molar-refractivity contribution in [1.29, 1.82) is 0 Å². The van der Waals surface area contributed by atoms with Crippen LogP contribution < -0.4 is 10.2 Å². The van der Waals surface area contributed by atoms with Gasteiger partial charge in [0.2, 0.25) is 0 Å². The van der Waals surface area contributed by atoms with Crippen LogP contribution >= 0.6 is 0 Å². The fourth-order valence-electron chi connectivity index (χ4n) is 2.96. The Morgan fingerprint density at radius 2 is 1.95 bits per heavy atom. The number of rotatable bonds is 5. The van der Waals surface area contributed by atoms with Gasteiger partial charge < -0.3 is 15.3 Å². The Morgan fingerprint density at radius 1 is 1.29 bits per heavy atom. The number of nitrogens with zero attached hydrogens (tertiary/aromatic N) is 1. The summed E-state index contributed by atoms with van der Waals surface area (Å²) in [6.07, 6.45) is 1.85. The van der Waals surface area contributed by atoms with Crippen LogP contribution in [0.5, 0.6) is 0 Å². The molecule has 3 heteroatoms. The largest absolute Gasteiger partial charge is 0.393 e. The van der Waals surface area contributed by atoms with Crippen molar-refractivity contribution in [1.82, 2.24) is 5.32 Å². The van der Waals surface area contributed by atoms with Gasteiger partial charge in [0.15, 0.2) is 0 Å². The summed E-state index contributed by atoms with van der Waals surface area (Å²) in [5.41, 5.74) is 4.11. The van der Waals surface area contributed by atoms with Crippen molar-refractivity contribution >= 4 is 5.69 Å². The van der Waals surface area contributed by atoms with Crippen LogP contribution in [0, 0.1) is 12.8 Å². The van der Waals surface area contributed by atoms with E-state index in [1.54, 1.807) is 0 Å². The van der Waals surface area contributed by atoms with Crippen molar-refractivity contribution in [2.75, 3.05) is 18.5 Å². The lowest BCUT2D eigenvalue weighted by molar-refractivity contribution is 0.0465. The van der Waals surface area contributed by atoms with Gasteiger partial charge in [-0.05, 0) is 63.6 Å². The number of aliphatic hydroxyl groups is 1. The molecule has 0 bridgehead atoms. The van der Waals surface area contributed by atoms with E-state index in [-0.39, 0.29) is 11.6 Å². The average Bonchev–Trinajstić information content (AvgIpc) is 2.33. The maximum Gasteiger partial charge on any atom is 0.0546 e. The van der Waals surface area contributed by atoms with Crippen molar-refractivity contribution in [3.63, 3.8) is 0 Å². The summed E-state index contributed by atoms with van der Waals surface area (Å²) in [7, 11) is 2.15. The van der Waals surface area contributed by atoms with Crippen molar-refractivity contribution in [3.05, 3.63) is 29.3 Å². The van der Waals surface area contributed by atoms with Gasteiger partial charge >= 0.3 is 0 Å². The van der Waals surface area contributed by atoms with Crippen LogP contribution in [0.15, 0.2) is 18.2 Å². The molecule has 21 heavy (non-hydrogen) atoms. The smallest absolute Gasteiger partial charge is 0.0546 e. The minimum absolute atomic E-state index is 0.0599. The summed E-state index contributed by atoms with van der Waals surface area (Å²) in [6, 6.07) is 6.72. The summed E-state index contributed by atoms with van der Waals surface area (Å²) in [6.45, 7) is 10.7. The first-order valence-electron chi connectivity index (χ1n) is 7.98. The molecule has 118 valence electrons. The van der Waals surface area contributed by atoms with Crippen LogP contribution in [0.4, 0.5) is 5.69 Å². The Balaban J connectivity index is 1.95. The SMILES string of the molecule is Cc1cc(CNC(C)(C)C)ccc1N(C)CC1CC(O)C1. The molecular formula is C18H30N2O. The molecule has 1 aromatic rings. The van der Waals surface area contributed by atoms with Crippen molar-refractivity contribution < 1.29 is 5.11 Å². The Morgan fingerprint density at radius 3 is 2.48 bits per heavy atom. The standard InChI is InChI=1S/C18H30N2O/c1-13-8-14(11-19-18(2,3)4)6-7-17(13)20(5)12-15-9-16(21)10-15/h6-8,15-16,19,21H,9-12H2,1-5H3. The van der Waals surface area contributed by atoms with E-state index < -0.39 is 0 Å². The van der Waals surface area contributed by atoms with Crippen LogP contribution in [0.25, 0.3) is 0 Å². The quantitative estimate of drug-likeness (QED) is 0.875. The van der Waals surface area contributed by atoms with Gasteiger partial charge in [0.25, 0.3) is 0 Å². The highest BCUT2D eigenvalue weighted by Gasteiger charge is 2.28. The molecule has 0 amide bonds. The van der Waals surface area contributed by atoms with Gasteiger partial charge in [-0.15, -0.1) is 0 Å². The number of anilines is 1. The zero-order valence-corrected chi connectivity index (χ0v) is 14.1. The molecule has 0 aliphatic heterocycles. The molecule has 2 rings (SSSR count). The van der Waals surface area contributed by atoms with Gasteiger partial charge in [-0.3, -0.25) is 0 Å². The summed E-state index contributed by atoms with van der Waals surface area (Å²) in [5.74, 6) is 0.645. The van der Waals surface area contributed by atoms with Crippen LogP contribution in [0.2, 0.25) is 0 Å². The molecule has 1 saturated carbocycles. The van der Waals surface area contributed by atoms with Crippen LogP contribution in [-0.2, 0) is 6.54 Å². The van der Waals surface area contributed by atoms with E-state index in [4.69, 9.17) is 0 Å². The molecule has 0 saturated heterocycles. The molecule has 1 fully saturated rings. The average molecular weight is 290 g/mol. The first-order valence-corrected chi connectivity index (χ1v) is 7.98. The highest BCUT2D eigenvalue weighted by Crippen LogP contribution is 2.30. The topological polar surface area (TPSA) is 35.5 Å². The molecule has 1 aliphatic rings. The van der Waals surface area contributed by atoms with Gasteiger partial charge in [0.1, 0.15) is 0 Å². The highest BCUT2D eigenvalue weighted by molar-refractivity contribution is 5.54. The minimum atomic E-state index is -0.0599. The lowest BCUT2D eigenvalue weighted by atomic mass is 9.82. The van der Waals surface area contributed by atoms with Gasteiger partial charge in [0.05, 0.1) is 6.10 Å². The predicted molar refractivity (Wildman–Crippen MR) is 89.8 cm³/mol. The fourth-order valence-corrected chi connectivity index (χ4v) is 2.96. The molecule has 0 aromatic heterocycles. The molecule has 0 unspecified atom stereocenters. The van der Waals surface area contributed by atoms with E-state index >= 15 is 0 Å². The number of hydrogen-bond acceptors (Lipinski definition) is 3. The lowest BCUT2D eigenvalue weighted by Crippen LogP contribution is -2.37. The van der Waals surface area contributed by atoms with Crippen LogP contribution in [0.1, 0.15) is 44.7 Å². The first-order chi connectivity index (χ1) is 9.74. The normalized spacial score (nSPS) is 22.0. The highest BCUT2D eigenvalue weighted by atomic mass is 16.3. The number of benzene rings is 1. The Hall–Kier alpha value is -1.06. The Labute approximate surface area is 129 Å². The molecule has 3 nitrogen and oxygen atoms in total. The van der Waals surface area contributed by atoms with Gasteiger partial charge in [0, 0.05) is 31.4 Å². The third kappa shape index (κ3) is 4.72. The first kappa shape index (κ1) is 16.3. The lowest BCUT2D eigenvalue weighted by Gasteiger charge is -2.35. The van der Waals surface area contributed by atoms with E-state index in [1.165, 1.54) is 16.8 Å². The van der Waals surface area contributed by atoms with E-state index in [2.05, 4.69) is 63.2 Å². The summed E-state index contributed by atoms with van der Waals surface area (Å²) < 4.78 is 0. The maximum absolute atomic E-state index is 9.39. The fraction of sp³-hybridized carbons (Fsp3) is 0.667. The van der Waals surface area contributed by atoms with E-state index in [0.29, 0.717) is 5.92 Å². The molecule has 1 aromatic carbocycles. The summed E-state index contributed by atoms with van der Waals surface area (Å²) in [5, 5.41) is 12.9. The van der Waals surface area contributed by atoms with Gasteiger partial charge in [-0.25, -0.2) is 0 Å². The predicted octanol–water partition coefficient (Wildman–Crippen LogP) is 3.09. The molecule has 0 radical (unpaired) electrons. The summed E-state index contributed by atoms with van der Waals surface area (Å²) in [4.78, 5) is 2.33. The molecule has 0 atom stereocenters. The zero-order chi connectivity index (χ0) is 15.6.